The lowest BCUT2D eigenvalue weighted by Crippen LogP contribution is -2.17. The molecule has 0 radical (unpaired) electrons. The number of benzene rings is 3. The maximum absolute atomic E-state index is 12.2. The molecule has 0 spiro atoms. The predicted octanol–water partition coefficient (Wildman–Crippen LogP) is 4.65. The minimum atomic E-state index is -0.266. The Morgan fingerprint density at radius 2 is 1.76 bits per heavy atom. The summed E-state index contributed by atoms with van der Waals surface area (Å²) >= 11 is 1.76. The fourth-order valence-electron chi connectivity index (χ4n) is 2.43. The Morgan fingerprint density at radius 3 is 2.45 bits per heavy atom. The molecular formula is C23H19N3O2S. The second-order valence-corrected chi connectivity index (χ2v) is 7.06. The number of hydrogen-bond acceptors (Lipinski definition) is 5. The van der Waals surface area contributed by atoms with Crippen molar-refractivity contribution in [2.75, 3.05) is 6.61 Å². The summed E-state index contributed by atoms with van der Waals surface area (Å²) in [5.41, 5.74) is 5.04. The number of nitrogens with zero attached hydrogens (tertiary/aromatic N) is 2. The van der Waals surface area contributed by atoms with Crippen LogP contribution in [-0.4, -0.2) is 18.7 Å². The van der Waals surface area contributed by atoms with Crippen molar-refractivity contribution >= 4 is 23.9 Å². The number of amides is 1. The van der Waals surface area contributed by atoms with Crippen molar-refractivity contribution in [2.45, 2.75) is 10.6 Å². The SMILES string of the molecule is N#CCOc1ccc(/C=N\NC(=O)c2ccc(CSc3ccccc3)cc2)cc1. The van der Waals surface area contributed by atoms with E-state index in [0.29, 0.717) is 11.3 Å². The Balaban J connectivity index is 1.49. The van der Waals surface area contributed by atoms with Gasteiger partial charge in [0.05, 0.1) is 6.21 Å². The molecular weight excluding hydrogens is 382 g/mol. The Labute approximate surface area is 174 Å². The Bertz CT molecular complexity index is 995. The molecule has 0 aliphatic heterocycles. The smallest absolute Gasteiger partial charge is 0.271 e. The molecule has 1 amide bonds. The quantitative estimate of drug-likeness (QED) is 0.339. The first-order chi connectivity index (χ1) is 14.2. The number of ether oxygens (including phenoxy) is 1. The van der Waals surface area contributed by atoms with Crippen molar-refractivity contribution in [1.29, 1.82) is 5.26 Å². The third-order valence-electron chi connectivity index (χ3n) is 3.93. The number of rotatable bonds is 8. The summed E-state index contributed by atoms with van der Waals surface area (Å²) in [6.07, 6.45) is 1.55. The molecule has 0 atom stereocenters. The van der Waals surface area contributed by atoms with Gasteiger partial charge in [0, 0.05) is 16.2 Å². The number of carbonyl (C=O) groups is 1. The summed E-state index contributed by atoms with van der Waals surface area (Å²) in [6.45, 7) is 0.00717. The summed E-state index contributed by atoms with van der Waals surface area (Å²) in [5.74, 6) is 1.19. The molecule has 0 aliphatic rings. The van der Waals surface area contributed by atoms with Gasteiger partial charge < -0.3 is 4.74 Å². The molecule has 3 aromatic rings. The van der Waals surface area contributed by atoms with E-state index in [2.05, 4.69) is 22.7 Å². The van der Waals surface area contributed by atoms with E-state index in [1.54, 1.807) is 54.4 Å². The van der Waals surface area contributed by atoms with E-state index in [-0.39, 0.29) is 12.5 Å². The third kappa shape index (κ3) is 6.52. The van der Waals surface area contributed by atoms with Gasteiger partial charge in [-0.15, -0.1) is 11.8 Å². The van der Waals surface area contributed by atoms with Crippen molar-refractivity contribution < 1.29 is 9.53 Å². The maximum atomic E-state index is 12.2. The fraction of sp³-hybridized carbons (Fsp3) is 0.0870. The molecule has 3 aromatic carbocycles. The highest BCUT2D eigenvalue weighted by Crippen LogP contribution is 2.22. The topological polar surface area (TPSA) is 74.5 Å². The van der Waals surface area contributed by atoms with E-state index < -0.39 is 0 Å². The van der Waals surface area contributed by atoms with Gasteiger partial charge in [-0.2, -0.15) is 10.4 Å². The molecule has 29 heavy (non-hydrogen) atoms. The van der Waals surface area contributed by atoms with Crippen LogP contribution in [0, 0.1) is 11.3 Å². The van der Waals surface area contributed by atoms with Crippen LogP contribution in [0.2, 0.25) is 0 Å². The number of nitrogens with one attached hydrogen (secondary N) is 1. The molecule has 0 fully saturated rings. The fourth-order valence-corrected chi connectivity index (χ4v) is 3.31. The van der Waals surface area contributed by atoms with Crippen LogP contribution in [0.1, 0.15) is 21.5 Å². The zero-order valence-corrected chi connectivity index (χ0v) is 16.4. The third-order valence-corrected chi connectivity index (χ3v) is 5.01. The molecule has 0 saturated heterocycles. The van der Waals surface area contributed by atoms with Crippen molar-refractivity contribution in [3.63, 3.8) is 0 Å². The largest absolute Gasteiger partial charge is 0.479 e. The Hall–Kier alpha value is -3.56. The summed E-state index contributed by atoms with van der Waals surface area (Å²) < 4.78 is 5.19. The number of carbonyl (C=O) groups excluding carboxylic acids is 1. The minimum Gasteiger partial charge on any atom is -0.479 e. The second-order valence-electron chi connectivity index (χ2n) is 6.01. The van der Waals surface area contributed by atoms with Gasteiger partial charge in [-0.05, 0) is 59.7 Å². The molecule has 0 aromatic heterocycles. The maximum Gasteiger partial charge on any atom is 0.271 e. The van der Waals surface area contributed by atoms with Crippen molar-refractivity contribution in [1.82, 2.24) is 5.43 Å². The summed E-state index contributed by atoms with van der Waals surface area (Å²) in [6, 6.07) is 26.7. The monoisotopic (exact) mass is 401 g/mol. The van der Waals surface area contributed by atoms with Crippen molar-refractivity contribution in [2.24, 2.45) is 5.10 Å². The highest BCUT2D eigenvalue weighted by molar-refractivity contribution is 7.98. The van der Waals surface area contributed by atoms with Gasteiger partial charge in [0.1, 0.15) is 11.8 Å². The van der Waals surface area contributed by atoms with Crippen LogP contribution < -0.4 is 10.2 Å². The van der Waals surface area contributed by atoms with E-state index in [1.807, 2.05) is 36.4 Å². The highest BCUT2D eigenvalue weighted by atomic mass is 32.2. The predicted molar refractivity (Wildman–Crippen MR) is 115 cm³/mol. The molecule has 0 aliphatic carbocycles. The first-order valence-corrected chi connectivity index (χ1v) is 9.93. The van der Waals surface area contributed by atoms with Crippen LogP contribution in [0.25, 0.3) is 0 Å². The van der Waals surface area contributed by atoms with Crippen LogP contribution >= 0.6 is 11.8 Å². The van der Waals surface area contributed by atoms with Crippen LogP contribution in [-0.2, 0) is 5.75 Å². The lowest BCUT2D eigenvalue weighted by atomic mass is 10.1. The summed E-state index contributed by atoms with van der Waals surface area (Å²) in [4.78, 5) is 13.4. The first-order valence-electron chi connectivity index (χ1n) is 8.94. The standard InChI is InChI=1S/C23H19N3O2S/c24-14-15-28-21-12-8-18(9-13-21)16-25-26-23(27)20-10-6-19(7-11-20)17-29-22-4-2-1-3-5-22/h1-13,16H,15,17H2,(H,26,27)/b25-16-. The van der Waals surface area contributed by atoms with Crippen LogP contribution in [0.15, 0.2) is 88.9 Å². The van der Waals surface area contributed by atoms with Gasteiger partial charge in [-0.25, -0.2) is 5.43 Å². The Morgan fingerprint density at radius 1 is 1.03 bits per heavy atom. The van der Waals surface area contributed by atoms with E-state index in [4.69, 9.17) is 10.00 Å². The first kappa shape index (κ1) is 20.2. The van der Waals surface area contributed by atoms with Gasteiger partial charge >= 0.3 is 0 Å². The van der Waals surface area contributed by atoms with Gasteiger partial charge in [0.15, 0.2) is 6.61 Å². The number of hydrogen-bond donors (Lipinski definition) is 1. The lowest BCUT2D eigenvalue weighted by Gasteiger charge is -2.04. The molecule has 144 valence electrons. The van der Waals surface area contributed by atoms with Crippen molar-refractivity contribution in [3.8, 4) is 11.8 Å². The highest BCUT2D eigenvalue weighted by Gasteiger charge is 2.04. The van der Waals surface area contributed by atoms with Gasteiger partial charge in [-0.3, -0.25) is 4.79 Å². The molecule has 3 rings (SSSR count). The molecule has 0 unspecified atom stereocenters. The van der Waals surface area contributed by atoms with Gasteiger partial charge in [0.25, 0.3) is 5.91 Å². The number of hydrazone groups is 1. The average molecular weight is 401 g/mol. The zero-order chi connectivity index (χ0) is 20.3. The number of nitriles is 1. The summed E-state index contributed by atoms with van der Waals surface area (Å²) in [5, 5.41) is 12.5. The van der Waals surface area contributed by atoms with Crippen LogP contribution in [0.3, 0.4) is 0 Å². The van der Waals surface area contributed by atoms with E-state index >= 15 is 0 Å². The second kappa shape index (κ2) is 10.7. The molecule has 1 N–H and O–H groups in total. The lowest BCUT2D eigenvalue weighted by molar-refractivity contribution is 0.0955. The summed E-state index contributed by atoms with van der Waals surface area (Å²) in [7, 11) is 0. The average Bonchev–Trinajstić information content (AvgIpc) is 2.78. The van der Waals surface area contributed by atoms with Crippen LogP contribution in [0.5, 0.6) is 5.75 Å². The molecule has 0 heterocycles. The van der Waals surface area contributed by atoms with Gasteiger partial charge in [0.2, 0.25) is 0 Å². The molecule has 0 bridgehead atoms. The van der Waals surface area contributed by atoms with E-state index in [9.17, 15) is 4.79 Å². The molecule has 0 saturated carbocycles. The molecule has 6 heteroatoms. The number of thioether (sulfide) groups is 1. The van der Waals surface area contributed by atoms with E-state index in [1.165, 1.54) is 4.90 Å². The Kier molecular flexibility index (Phi) is 7.44. The van der Waals surface area contributed by atoms with Crippen molar-refractivity contribution in [3.05, 3.63) is 95.6 Å². The normalized spacial score (nSPS) is 10.4. The van der Waals surface area contributed by atoms with E-state index in [0.717, 1.165) is 16.9 Å². The zero-order valence-electron chi connectivity index (χ0n) is 15.6. The van der Waals surface area contributed by atoms with Crippen LogP contribution in [0.4, 0.5) is 0 Å². The molecule has 5 nitrogen and oxygen atoms in total. The van der Waals surface area contributed by atoms with Gasteiger partial charge in [-0.1, -0.05) is 30.3 Å². The minimum absolute atomic E-state index is 0.00717.